The van der Waals surface area contributed by atoms with E-state index in [1.54, 1.807) is 4.40 Å². The Hall–Kier alpha value is -2.78. The second-order valence-electron chi connectivity index (χ2n) is 7.24. The average molecular weight is 401 g/mol. The molecule has 3 heterocycles. The molecule has 0 unspecified atom stereocenters. The summed E-state index contributed by atoms with van der Waals surface area (Å²) in [6.45, 7) is 5.91. The molecular formula is C19H32N10. The molecule has 0 aliphatic carbocycles. The summed E-state index contributed by atoms with van der Waals surface area (Å²) < 4.78 is 1.65. The van der Waals surface area contributed by atoms with Gasteiger partial charge in [0.15, 0.2) is 0 Å². The lowest BCUT2D eigenvalue weighted by Crippen LogP contribution is -2.30. The fourth-order valence-electron chi connectivity index (χ4n) is 3.13. The van der Waals surface area contributed by atoms with Crippen LogP contribution in [0.15, 0.2) is 9.98 Å². The number of rotatable bonds is 12. The van der Waals surface area contributed by atoms with Crippen LogP contribution in [0.3, 0.4) is 0 Å². The van der Waals surface area contributed by atoms with E-state index in [1.807, 2.05) is 0 Å². The number of nitrogens with zero attached hydrogens (tertiary/aromatic N) is 7. The molecule has 3 rings (SSSR count). The Kier molecular flexibility index (Phi) is 7.71. The Morgan fingerprint density at radius 2 is 1.69 bits per heavy atom. The van der Waals surface area contributed by atoms with Crippen molar-refractivity contribution in [3.05, 3.63) is 5.62 Å². The third kappa shape index (κ3) is 5.85. The molecule has 2 aromatic heterocycles. The Labute approximate surface area is 171 Å². The van der Waals surface area contributed by atoms with Crippen molar-refractivity contribution in [2.45, 2.75) is 71.6 Å². The van der Waals surface area contributed by atoms with Crippen molar-refractivity contribution >= 4 is 29.6 Å². The highest BCUT2D eigenvalue weighted by Gasteiger charge is 2.17. The summed E-state index contributed by atoms with van der Waals surface area (Å²) in [4.78, 5) is 26.7. The molecule has 0 aromatic carbocycles. The van der Waals surface area contributed by atoms with Crippen molar-refractivity contribution < 1.29 is 0 Å². The molecule has 10 nitrogen and oxygen atoms in total. The number of aromatic nitrogens is 5. The third-order valence-corrected chi connectivity index (χ3v) is 4.72. The summed E-state index contributed by atoms with van der Waals surface area (Å²) >= 11 is 0. The van der Waals surface area contributed by atoms with Crippen LogP contribution in [0.4, 0.5) is 17.8 Å². The fourth-order valence-corrected chi connectivity index (χ4v) is 3.13. The molecule has 0 atom stereocenters. The monoisotopic (exact) mass is 400 g/mol. The van der Waals surface area contributed by atoms with Gasteiger partial charge in [-0.05, 0) is 12.8 Å². The van der Waals surface area contributed by atoms with Gasteiger partial charge in [-0.15, -0.1) is 0 Å². The molecule has 0 amide bonds. The number of hydrogen-bond acceptors (Lipinski definition) is 9. The maximum absolute atomic E-state index is 5.90. The van der Waals surface area contributed by atoms with Gasteiger partial charge in [0.1, 0.15) is 0 Å². The normalized spacial score (nSPS) is 13.4. The van der Waals surface area contributed by atoms with E-state index < -0.39 is 0 Å². The molecule has 1 aliphatic rings. The van der Waals surface area contributed by atoms with E-state index in [9.17, 15) is 0 Å². The van der Waals surface area contributed by atoms with Crippen molar-refractivity contribution in [1.29, 1.82) is 0 Å². The Bertz CT molecular complexity index is 902. The molecule has 158 valence electrons. The summed E-state index contributed by atoms with van der Waals surface area (Å²) in [6.07, 6.45) is 10.6. The largest absolute Gasteiger partial charge is 0.369 e. The lowest BCUT2D eigenvalue weighted by Gasteiger charge is -2.16. The molecule has 2 aromatic rings. The van der Waals surface area contributed by atoms with E-state index in [0.29, 0.717) is 35.8 Å². The molecule has 0 bridgehead atoms. The van der Waals surface area contributed by atoms with E-state index in [-0.39, 0.29) is 5.96 Å². The van der Waals surface area contributed by atoms with Gasteiger partial charge in [0.2, 0.25) is 29.6 Å². The van der Waals surface area contributed by atoms with Gasteiger partial charge < -0.3 is 11.1 Å². The van der Waals surface area contributed by atoms with Gasteiger partial charge in [0.05, 0.1) is 0 Å². The summed E-state index contributed by atoms with van der Waals surface area (Å²) in [5.74, 6) is 2.08. The smallest absolute Gasteiger partial charge is 0.251 e. The Morgan fingerprint density at radius 1 is 0.931 bits per heavy atom. The van der Waals surface area contributed by atoms with Crippen LogP contribution in [0.2, 0.25) is 0 Å². The first-order valence-corrected chi connectivity index (χ1v) is 10.8. The zero-order valence-electron chi connectivity index (χ0n) is 17.5. The van der Waals surface area contributed by atoms with Crippen LogP contribution < -0.4 is 22.0 Å². The molecule has 1 aliphatic heterocycles. The van der Waals surface area contributed by atoms with E-state index in [4.69, 9.17) is 5.73 Å². The van der Waals surface area contributed by atoms with Crippen LogP contribution in [0.25, 0.3) is 5.78 Å². The number of anilines is 2. The zero-order chi connectivity index (χ0) is 20.5. The van der Waals surface area contributed by atoms with Crippen LogP contribution >= 0.6 is 0 Å². The number of unbranched alkanes of at least 4 members (excludes halogenated alkanes) is 7. The van der Waals surface area contributed by atoms with Crippen molar-refractivity contribution in [2.75, 3.05) is 23.7 Å². The first-order valence-electron chi connectivity index (χ1n) is 10.8. The van der Waals surface area contributed by atoms with Crippen LogP contribution in [-0.2, 0) is 0 Å². The SMILES string of the molecule is CCCCCCCN=c1nc2n3c(nc(NCCCCCC)nc3n1)NC(N)=N2. The fraction of sp³-hybridized carbons (Fsp3) is 0.684. The molecule has 0 spiro atoms. The second kappa shape index (κ2) is 10.7. The summed E-state index contributed by atoms with van der Waals surface area (Å²) in [5.41, 5.74) is 6.28. The van der Waals surface area contributed by atoms with Crippen LogP contribution in [-0.4, -0.2) is 43.4 Å². The predicted octanol–water partition coefficient (Wildman–Crippen LogP) is 2.75. The lowest BCUT2D eigenvalue weighted by molar-refractivity contribution is 0.632. The topological polar surface area (TPSA) is 131 Å². The van der Waals surface area contributed by atoms with Crippen LogP contribution in [0.1, 0.15) is 71.6 Å². The molecule has 0 saturated carbocycles. The van der Waals surface area contributed by atoms with Gasteiger partial charge in [0, 0.05) is 13.1 Å². The van der Waals surface area contributed by atoms with Gasteiger partial charge in [-0.1, -0.05) is 58.8 Å². The summed E-state index contributed by atoms with van der Waals surface area (Å²) in [7, 11) is 0. The summed E-state index contributed by atoms with van der Waals surface area (Å²) in [5, 5.41) is 6.23. The first-order chi connectivity index (χ1) is 14.2. The summed E-state index contributed by atoms with van der Waals surface area (Å²) in [6, 6.07) is 0. The van der Waals surface area contributed by atoms with Gasteiger partial charge in [0.25, 0.3) is 5.62 Å². The predicted molar refractivity (Wildman–Crippen MR) is 115 cm³/mol. The minimum absolute atomic E-state index is 0.239. The highest BCUT2D eigenvalue weighted by molar-refractivity contribution is 5.94. The van der Waals surface area contributed by atoms with E-state index in [1.165, 1.54) is 44.9 Å². The van der Waals surface area contributed by atoms with Gasteiger partial charge in [-0.3, -0.25) is 5.32 Å². The number of hydrogen-bond donors (Lipinski definition) is 3. The Morgan fingerprint density at radius 3 is 2.48 bits per heavy atom. The first kappa shape index (κ1) is 20.9. The van der Waals surface area contributed by atoms with Crippen molar-refractivity contribution in [1.82, 2.24) is 24.3 Å². The quantitative estimate of drug-likeness (QED) is 0.467. The minimum Gasteiger partial charge on any atom is -0.369 e. The van der Waals surface area contributed by atoms with Crippen LogP contribution in [0.5, 0.6) is 0 Å². The molecule has 29 heavy (non-hydrogen) atoms. The van der Waals surface area contributed by atoms with Crippen LogP contribution in [0, 0.1) is 0 Å². The molecule has 10 heteroatoms. The van der Waals surface area contributed by atoms with E-state index in [0.717, 1.165) is 19.4 Å². The highest BCUT2D eigenvalue weighted by Crippen LogP contribution is 2.19. The highest BCUT2D eigenvalue weighted by atomic mass is 15.4. The minimum atomic E-state index is 0.239. The molecule has 0 fully saturated rings. The number of nitrogens with one attached hydrogen (secondary N) is 2. The van der Waals surface area contributed by atoms with Crippen molar-refractivity contribution in [3.63, 3.8) is 0 Å². The molecule has 0 radical (unpaired) electrons. The average Bonchev–Trinajstić information content (AvgIpc) is 2.70. The number of aliphatic imine (C=N–C) groups is 1. The van der Waals surface area contributed by atoms with E-state index in [2.05, 4.69) is 54.4 Å². The zero-order valence-corrected chi connectivity index (χ0v) is 17.5. The van der Waals surface area contributed by atoms with Crippen molar-refractivity contribution in [2.24, 2.45) is 15.7 Å². The number of guanidine groups is 1. The second-order valence-corrected chi connectivity index (χ2v) is 7.24. The Balaban J connectivity index is 1.78. The van der Waals surface area contributed by atoms with E-state index >= 15 is 0 Å². The third-order valence-electron chi connectivity index (χ3n) is 4.72. The standard InChI is InChI=1S/C19H32N10/c1-3-5-7-9-11-13-22-16-26-18-24-14(20)23-17-25-15(21-12-10-8-6-4-2)27-19(28-16)29(17)18/h3-13H2,1-2H3,(H4,20,21,22,23,24,25,26,27,28). The maximum atomic E-state index is 5.90. The lowest BCUT2D eigenvalue weighted by atomic mass is 10.2. The van der Waals surface area contributed by atoms with Gasteiger partial charge in [-0.2, -0.15) is 24.9 Å². The van der Waals surface area contributed by atoms with Gasteiger partial charge in [-0.25, -0.2) is 9.39 Å². The maximum Gasteiger partial charge on any atom is 0.251 e. The van der Waals surface area contributed by atoms with Crippen molar-refractivity contribution in [3.8, 4) is 0 Å². The molecular weight excluding hydrogens is 368 g/mol. The molecule has 0 saturated heterocycles. The number of nitrogens with two attached hydrogens (primary N) is 1. The van der Waals surface area contributed by atoms with Gasteiger partial charge >= 0.3 is 0 Å². The molecule has 4 N–H and O–H groups in total.